The summed E-state index contributed by atoms with van der Waals surface area (Å²) in [5.74, 6) is 1.71. The van der Waals surface area contributed by atoms with Crippen LogP contribution in [0.25, 0.3) is 0 Å². The molecule has 1 atom stereocenters. The van der Waals surface area contributed by atoms with Crippen LogP contribution in [0.3, 0.4) is 0 Å². The first-order valence-electron chi connectivity index (χ1n) is 8.95. The molecule has 150 valence electrons. The van der Waals surface area contributed by atoms with Gasteiger partial charge in [0.25, 0.3) is 0 Å². The van der Waals surface area contributed by atoms with E-state index in [1.54, 1.807) is 14.2 Å². The quantitative estimate of drug-likeness (QED) is 0.375. The van der Waals surface area contributed by atoms with Crippen molar-refractivity contribution < 1.29 is 4.74 Å². The third-order valence-corrected chi connectivity index (χ3v) is 4.70. The first-order valence-corrected chi connectivity index (χ1v) is 8.95. The number of benzene rings is 1. The van der Waals surface area contributed by atoms with Crippen LogP contribution in [0.5, 0.6) is 5.75 Å². The highest BCUT2D eigenvalue weighted by atomic mass is 127. The van der Waals surface area contributed by atoms with Gasteiger partial charge in [-0.2, -0.15) is 5.10 Å². The molecular weight excluding hydrogens is 453 g/mol. The van der Waals surface area contributed by atoms with Crippen LogP contribution < -0.4 is 15.4 Å². The van der Waals surface area contributed by atoms with Crippen LogP contribution in [-0.2, 0) is 20.0 Å². The van der Waals surface area contributed by atoms with Crippen molar-refractivity contribution in [1.82, 2.24) is 20.4 Å². The summed E-state index contributed by atoms with van der Waals surface area (Å²) in [5, 5.41) is 11.3. The minimum Gasteiger partial charge on any atom is -0.496 e. The van der Waals surface area contributed by atoms with Crippen molar-refractivity contribution in [3.05, 3.63) is 46.3 Å². The standard InChI is InChI=1S/C20H31N5O.HI/c1-13-10-17(8-9-19(13)26-7)12-22-20(21-5)23-14(2)11-18-15(3)24-25(6)16(18)4;/h8-10,14H,11-12H2,1-7H3,(H2,21,22,23);1H. The van der Waals surface area contributed by atoms with Crippen molar-refractivity contribution in [3.63, 3.8) is 0 Å². The summed E-state index contributed by atoms with van der Waals surface area (Å²) in [6.45, 7) is 9.10. The van der Waals surface area contributed by atoms with Gasteiger partial charge in [-0.05, 0) is 56.9 Å². The van der Waals surface area contributed by atoms with Gasteiger partial charge in [0.2, 0.25) is 0 Å². The first kappa shape index (κ1) is 23.3. The Balaban J connectivity index is 0.00000364. The van der Waals surface area contributed by atoms with Crippen LogP contribution in [0.4, 0.5) is 0 Å². The van der Waals surface area contributed by atoms with Gasteiger partial charge in [-0.25, -0.2) is 0 Å². The highest BCUT2D eigenvalue weighted by Gasteiger charge is 2.14. The fraction of sp³-hybridized carbons (Fsp3) is 0.500. The third kappa shape index (κ3) is 6.12. The van der Waals surface area contributed by atoms with Crippen LogP contribution in [0.2, 0.25) is 0 Å². The van der Waals surface area contributed by atoms with E-state index in [0.29, 0.717) is 6.54 Å². The number of rotatable bonds is 6. The number of guanidine groups is 1. The number of methoxy groups -OCH3 is 1. The smallest absolute Gasteiger partial charge is 0.191 e. The maximum atomic E-state index is 5.31. The lowest BCUT2D eigenvalue weighted by atomic mass is 10.1. The normalized spacial score (nSPS) is 12.3. The molecule has 2 N–H and O–H groups in total. The molecule has 0 aliphatic carbocycles. The Kier molecular flexibility index (Phi) is 9.08. The van der Waals surface area contributed by atoms with Crippen molar-refractivity contribution in [1.29, 1.82) is 0 Å². The number of halogens is 1. The van der Waals surface area contributed by atoms with Gasteiger partial charge in [-0.3, -0.25) is 9.67 Å². The zero-order valence-corrected chi connectivity index (χ0v) is 19.7. The average molecular weight is 485 g/mol. The first-order chi connectivity index (χ1) is 12.3. The van der Waals surface area contributed by atoms with Crippen LogP contribution in [0.1, 0.15) is 35.0 Å². The Labute approximate surface area is 179 Å². The summed E-state index contributed by atoms with van der Waals surface area (Å²) in [5.41, 5.74) is 5.93. The Hall–Kier alpha value is -1.77. The fourth-order valence-electron chi connectivity index (χ4n) is 3.13. The van der Waals surface area contributed by atoms with Crippen molar-refractivity contribution in [2.24, 2.45) is 12.0 Å². The second-order valence-corrected chi connectivity index (χ2v) is 6.75. The van der Waals surface area contributed by atoms with E-state index in [1.807, 2.05) is 17.8 Å². The third-order valence-electron chi connectivity index (χ3n) is 4.70. The Morgan fingerprint density at radius 3 is 2.52 bits per heavy atom. The molecule has 0 fully saturated rings. The number of hydrogen-bond acceptors (Lipinski definition) is 3. The summed E-state index contributed by atoms with van der Waals surface area (Å²) in [4.78, 5) is 4.34. The number of aromatic nitrogens is 2. The van der Waals surface area contributed by atoms with Crippen molar-refractivity contribution in [2.75, 3.05) is 14.2 Å². The summed E-state index contributed by atoms with van der Waals surface area (Å²) < 4.78 is 7.25. The molecule has 27 heavy (non-hydrogen) atoms. The summed E-state index contributed by atoms with van der Waals surface area (Å²) in [6, 6.07) is 6.45. The van der Waals surface area contributed by atoms with Gasteiger partial charge in [0.15, 0.2) is 5.96 Å². The zero-order valence-electron chi connectivity index (χ0n) is 17.4. The zero-order chi connectivity index (χ0) is 19.3. The maximum absolute atomic E-state index is 5.31. The topological polar surface area (TPSA) is 63.5 Å². The number of nitrogens with one attached hydrogen (secondary N) is 2. The monoisotopic (exact) mass is 485 g/mol. The van der Waals surface area contributed by atoms with E-state index in [0.717, 1.165) is 29.4 Å². The molecule has 1 aromatic heterocycles. The van der Waals surface area contributed by atoms with Crippen molar-refractivity contribution >= 4 is 29.9 Å². The number of aliphatic imine (C=N–C) groups is 1. The SMILES string of the molecule is CN=C(NCc1ccc(OC)c(C)c1)NC(C)Cc1c(C)nn(C)c1C.I. The highest BCUT2D eigenvalue weighted by molar-refractivity contribution is 14.0. The summed E-state index contributed by atoms with van der Waals surface area (Å²) in [6.07, 6.45) is 0.911. The lowest BCUT2D eigenvalue weighted by Crippen LogP contribution is -2.42. The molecule has 0 spiro atoms. The minimum atomic E-state index is 0. The van der Waals surface area contributed by atoms with Crippen LogP contribution in [0.15, 0.2) is 23.2 Å². The molecule has 2 aromatic rings. The summed E-state index contributed by atoms with van der Waals surface area (Å²) in [7, 11) is 5.47. The number of hydrogen-bond donors (Lipinski definition) is 2. The molecule has 0 radical (unpaired) electrons. The predicted octanol–water partition coefficient (Wildman–Crippen LogP) is 3.27. The number of ether oxygens (including phenoxy) is 1. The number of nitrogens with zero attached hydrogens (tertiary/aromatic N) is 3. The molecule has 0 saturated heterocycles. The molecule has 6 nitrogen and oxygen atoms in total. The molecule has 7 heteroatoms. The lowest BCUT2D eigenvalue weighted by molar-refractivity contribution is 0.411. The second kappa shape index (κ2) is 10.5. The molecule has 0 aliphatic heterocycles. The lowest BCUT2D eigenvalue weighted by Gasteiger charge is -2.18. The van der Waals surface area contributed by atoms with Gasteiger partial charge >= 0.3 is 0 Å². The Bertz CT molecular complexity index is 785. The van der Waals surface area contributed by atoms with Gasteiger partial charge in [0.1, 0.15) is 5.75 Å². The van der Waals surface area contributed by atoms with Gasteiger partial charge in [0, 0.05) is 32.4 Å². The Morgan fingerprint density at radius 1 is 1.30 bits per heavy atom. The molecule has 1 aromatic carbocycles. The van der Waals surface area contributed by atoms with Crippen LogP contribution in [-0.4, -0.2) is 35.9 Å². The minimum absolute atomic E-state index is 0. The Morgan fingerprint density at radius 2 is 2.00 bits per heavy atom. The average Bonchev–Trinajstić information content (AvgIpc) is 2.84. The van der Waals surface area contributed by atoms with Crippen molar-refractivity contribution in [3.8, 4) is 5.75 Å². The molecule has 0 amide bonds. The molecule has 0 saturated carbocycles. The van der Waals surface area contributed by atoms with E-state index in [1.165, 1.54) is 16.8 Å². The van der Waals surface area contributed by atoms with E-state index in [2.05, 4.69) is 60.6 Å². The maximum Gasteiger partial charge on any atom is 0.191 e. The van der Waals surface area contributed by atoms with E-state index in [4.69, 9.17) is 4.74 Å². The molecular formula is C20H32IN5O. The summed E-state index contributed by atoms with van der Waals surface area (Å²) >= 11 is 0. The van der Waals surface area contributed by atoms with E-state index >= 15 is 0 Å². The largest absolute Gasteiger partial charge is 0.496 e. The van der Waals surface area contributed by atoms with Crippen molar-refractivity contribution in [2.45, 2.75) is 46.7 Å². The molecule has 1 heterocycles. The fourth-order valence-corrected chi connectivity index (χ4v) is 3.13. The molecule has 0 bridgehead atoms. The van der Waals surface area contributed by atoms with E-state index in [9.17, 15) is 0 Å². The van der Waals surface area contributed by atoms with Crippen LogP contribution >= 0.6 is 24.0 Å². The highest BCUT2D eigenvalue weighted by Crippen LogP contribution is 2.18. The van der Waals surface area contributed by atoms with E-state index in [-0.39, 0.29) is 30.0 Å². The van der Waals surface area contributed by atoms with Crippen LogP contribution in [0, 0.1) is 20.8 Å². The molecule has 0 aliphatic rings. The van der Waals surface area contributed by atoms with Gasteiger partial charge < -0.3 is 15.4 Å². The predicted molar refractivity (Wildman–Crippen MR) is 122 cm³/mol. The van der Waals surface area contributed by atoms with Gasteiger partial charge in [-0.1, -0.05) is 12.1 Å². The number of aryl methyl sites for hydroxylation is 3. The van der Waals surface area contributed by atoms with Gasteiger partial charge in [-0.15, -0.1) is 24.0 Å². The molecule has 2 rings (SSSR count). The van der Waals surface area contributed by atoms with E-state index < -0.39 is 0 Å². The molecule has 1 unspecified atom stereocenters. The second-order valence-electron chi connectivity index (χ2n) is 6.75. The van der Waals surface area contributed by atoms with Gasteiger partial charge in [0.05, 0.1) is 12.8 Å².